The van der Waals surface area contributed by atoms with Crippen LogP contribution in [-0.2, 0) is 28.5 Å². The van der Waals surface area contributed by atoms with Gasteiger partial charge in [0.15, 0.2) is 12.4 Å². The molecule has 1 saturated heterocycles. The van der Waals surface area contributed by atoms with Crippen molar-refractivity contribution >= 4 is 11.9 Å². The van der Waals surface area contributed by atoms with Gasteiger partial charge in [0.1, 0.15) is 31.0 Å². The van der Waals surface area contributed by atoms with Gasteiger partial charge in [-0.05, 0) is 51.4 Å². The van der Waals surface area contributed by atoms with Gasteiger partial charge >= 0.3 is 11.9 Å². The quantitative estimate of drug-likeness (QED) is 0.0266. The van der Waals surface area contributed by atoms with Crippen LogP contribution in [0.25, 0.3) is 0 Å². The highest BCUT2D eigenvalue weighted by molar-refractivity contribution is 5.70. The molecule has 0 saturated carbocycles. The number of carbonyl (C=O) groups is 2. The van der Waals surface area contributed by atoms with Crippen molar-refractivity contribution < 1.29 is 49.0 Å². The van der Waals surface area contributed by atoms with Crippen molar-refractivity contribution in [1.82, 2.24) is 0 Å². The Morgan fingerprint density at radius 3 is 1.40 bits per heavy atom. The monoisotopic (exact) mass is 873 g/mol. The fraction of sp³-hybridized carbons (Fsp3) is 0.731. The second-order valence-corrected chi connectivity index (χ2v) is 16.5. The molecule has 0 aromatic heterocycles. The summed E-state index contributed by atoms with van der Waals surface area (Å²) in [5, 5.41) is 40.1. The summed E-state index contributed by atoms with van der Waals surface area (Å²) in [5.41, 5.74) is 0. The number of allylic oxidation sites excluding steroid dienone is 12. The summed E-state index contributed by atoms with van der Waals surface area (Å²) in [6, 6.07) is 0. The predicted molar refractivity (Wildman–Crippen MR) is 251 cm³/mol. The molecule has 356 valence electrons. The molecule has 4 N–H and O–H groups in total. The highest BCUT2D eigenvalue weighted by Crippen LogP contribution is 2.23. The van der Waals surface area contributed by atoms with Gasteiger partial charge in [0.25, 0.3) is 0 Å². The van der Waals surface area contributed by atoms with Gasteiger partial charge in [-0.25, -0.2) is 0 Å². The van der Waals surface area contributed by atoms with Crippen molar-refractivity contribution in [2.45, 2.75) is 224 Å². The van der Waals surface area contributed by atoms with Crippen molar-refractivity contribution in [3.63, 3.8) is 0 Å². The second kappa shape index (κ2) is 42.1. The summed E-state index contributed by atoms with van der Waals surface area (Å²) in [6.07, 6.45) is 46.3. The van der Waals surface area contributed by atoms with Crippen molar-refractivity contribution in [2.75, 3.05) is 19.8 Å². The van der Waals surface area contributed by atoms with Crippen LogP contribution < -0.4 is 0 Å². The molecule has 62 heavy (non-hydrogen) atoms. The first-order chi connectivity index (χ1) is 30.3. The summed E-state index contributed by atoms with van der Waals surface area (Å²) in [6.45, 7) is 3.25. The number of aliphatic hydroxyl groups excluding tert-OH is 4. The number of hydrogen-bond acceptors (Lipinski definition) is 10. The van der Waals surface area contributed by atoms with E-state index in [0.29, 0.717) is 12.8 Å². The van der Waals surface area contributed by atoms with Gasteiger partial charge in [0, 0.05) is 12.8 Å². The fourth-order valence-electron chi connectivity index (χ4n) is 7.04. The third-order valence-electron chi connectivity index (χ3n) is 10.9. The van der Waals surface area contributed by atoms with E-state index in [1.165, 1.54) is 89.9 Å². The molecule has 0 radical (unpaired) electrons. The highest BCUT2D eigenvalue weighted by Gasteiger charge is 2.44. The topological polar surface area (TPSA) is 152 Å². The van der Waals surface area contributed by atoms with Crippen molar-refractivity contribution in [3.8, 4) is 0 Å². The molecule has 1 aliphatic rings. The number of ether oxygens (including phenoxy) is 4. The second-order valence-electron chi connectivity index (χ2n) is 16.5. The number of rotatable bonds is 40. The Balaban J connectivity index is 2.34. The minimum Gasteiger partial charge on any atom is -0.462 e. The number of unbranched alkanes of at least 4 members (excludes halogenated alkanes) is 17. The Morgan fingerprint density at radius 1 is 0.516 bits per heavy atom. The van der Waals surface area contributed by atoms with Crippen LogP contribution in [0.3, 0.4) is 0 Å². The third kappa shape index (κ3) is 32.8. The van der Waals surface area contributed by atoms with E-state index >= 15 is 0 Å². The molecule has 0 aliphatic carbocycles. The lowest BCUT2D eigenvalue weighted by Gasteiger charge is -2.39. The smallest absolute Gasteiger partial charge is 0.306 e. The van der Waals surface area contributed by atoms with E-state index in [4.69, 9.17) is 18.9 Å². The Morgan fingerprint density at radius 2 is 0.952 bits per heavy atom. The Labute approximate surface area is 376 Å². The predicted octanol–water partition coefficient (Wildman–Crippen LogP) is 11.2. The van der Waals surface area contributed by atoms with E-state index < -0.39 is 55.4 Å². The van der Waals surface area contributed by atoms with E-state index in [1.807, 2.05) is 12.2 Å². The first kappa shape index (κ1) is 57.2. The Bertz CT molecular complexity index is 1240. The summed E-state index contributed by atoms with van der Waals surface area (Å²) in [4.78, 5) is 25.4. The van der Waals surface area contributed by atoms with E-state index in [1.54, 1.807) is 0 Å². The first-order valence-electron chi connectivity index (χ1n) is 24.5. The van der Waals surface area contributed by atoms with Crippen LogP contribution >= 0.6 is 0 Å². The molecule has 1 heterocycles. The van der Waals surface area contributed by atoms with Crippen molar-refractivity contribution in [2.24, 2.45) is 0 Å². The number of hydrogen-bond donors (Lipinski definition) is 4. The highest BCUT2D eigenvalue weighted by atomic mass is 16.7. The minimum atomic E-state index is -1.61. The van der Waals surface area contributed by atoms with Crippen LogP contribution in [0.15, 0.2) is 72.9 Å². The van der Waals surface area contributed by atoms with Crippen LogP contribution in [-0.4, -0.2) is 89.0 Å². The van der Waals surface area contributed by atoms with Crippen LogP contribution in [0.1, 0.15) is 187 Å². The SMILES string of the molecule is CC/C=C/C/C=C/C/C=C/C/C=C/C/C=C/C/C=C/CCC(=O)OC[C@@H](CO[C@H]1O[C@@H](CO)[C@@H](O)C(O)C1O)OC(=O)CCCCCCCCCCCCCCCCCCCC. The van der Waals surface area contributed by atoms with E-state index in [0.717, 1.165) is 57.8 Å². The Kier molecular flexibility index (Phi) is 38.8. The molecule has 10 heteroatoms. The molecular weight excluding hydrogens is 785 g/mol. The molecule has 1 aliphatic heterocycles. The fourth-order valence-corrected chi connectivity index (χ4v) is 7.04. The van der Waals surface area contributed by atoms with Gasteiger partial charge in [-0.15, -0.1) is 0 Å². The summed E-state index contributed by atoms with van der Waals surface area (Å²) in [7, 11) is 0. The van der Waals surface area contributed by atoms with Crippen molar-refractivity contribution in [3.05, 3.63) is 72.9 Å². The molecule has 0 aromatic rings. The lowest BCUT2D eigenvalue weighted by molar-refractivity contribution is -0.305. The van der Waals surface area contributed by atoms with Gasteiger partial charge in [-0.1, -0.05) is 196 Å². The largest absolute Gasteiger partial charge is 0.462 e. The number of esters is 2. The Hall–Kier alpha value is -2.86. The molecular formula is C52H88O10. The standard InChI is InChI=1S/C52H88O10/c1-3-5-7-9-11-13-15-17-19-21-23-25-26-28-30-32-34-36-38-40-47(54)59-43-45(44-60-52-51(58)50(57)49(56)46(42-53)62-52)61-48(55)41-39-37-35-33-31-29-27-24-22-20-18-16-14-12-10-8-6-4-2/h5,7,11,13,17,19,23,25,28,30,34,36,45-46,49-53,56-58H,3-4,6,8-10,12,14-16,18,20-22,24,26-27,29,31-33,35,37-44H2,1-2H3/b7-5+,13-11+,19-17+,25-23+,30-28+,36-34+/t45-,46-,49+,50?,51?,52-/m0/s1. The van der Waals surface area contributed by atoms with E-state index in [2.05, 4.69) is 74.6 Å². The molecule has 0 aromatic carbocycles. The van der Waals surface area contributed by atoms with Gasteiger partial charge < -0.3 is 39.4 Å². The van der Waals surface area contributed by atoms with Gasteiger partial charge in [0.2, 0.25) is 0 Å². The first-order valence-corrected chi connectivity index (χ1v) is 24.5. The lowest BCUT2D eigenvalue weighted by Crippen LogP contribution is -2.59. The van der Waals surface area contributed by atoms with Crippen LogP contribution in [0, 0.1) is 0 Å². The third-order valence-corrected chi connectivity index (χ3v) is 10.9. The molecule has 6 atom stereocenters. The summed E-state index contributed by atoms with van der Waals surface area (Å²) >= 11 is 0. The molecule has 2 unspecified atom stereocenters. The number of aliphatic hydroxyl groups is 4. The zero-order valence-electron chi connectivity index (χ0n) is 38.8. The normalized spacial score (nSPS) is 20.3. The maximum atomic E-state index is 12.8. The maximum absolute atomic E-state index is 12.8. The summed E-state index contributed by atoms with van der Waals surface area (Å²) in [5.74, 6) is -0.903. The molecule has 1 fully saturated rings. The van der Waals surface area contributed by atoms with Crippen molar-refractivity contribution in [1.29, 1.82) is 0 Å². The molecule has 0 amide bonds. The average Bonchev–Trinajstić information content (AvgIpc) is 3.27. The average molecular weight is 873 g/mol. The van der Waals surface area contributed by atoms with Crippen LogP contribution in [0.2, 0.25) is 0 Å². The van der Waals surface area contributed by atoms with E-state index in [9.17, 15) is 30.0 Å². The molecule has 10 nitrogen and oxygen atoms in total. The number of carbonyl (C=O) groups excluding carboxylic acids is 2. The van der Waals surface area contributed by atoms with E-state index in [-0.39, 0.29) is 26.1 Å². The molecule has 0 bridgehead atoms. The zero-order valence-corrected chi connectivity index (χ0v) is 38.8. The van der Waals surface area contributed by atoms with Gasteiger partial charge in [-0.3, -0.25) is 9.59 Å². The van der Waals surface area contributed by atoms with Crippen LogP contribution in [0.4, 0.5) is 0 Å². The molecule has 1 rings (SSSR count). The zero-order chi connectivity index (χ0) is 45.1. The molecule has 0 spiro atoms. The maximum Gasteiger partial charge on any atom is 0.306 e. The van der Waals surface area contributed by atoms with Crippen LogP contribution in [0.5, 0.6) is 0 Å². The van der Waals surface area contributed by atoms with Gasteiger partial charge in [0.05, 0.1) is 13.2 Å². The minimum absolute atomic E-state index is 0.149. The van der Waals surface area contributed by atoms with Gasteiger partial charge in [-0.2, -0.15) is 0 Å². The summed E-state index contributed by atoms with van der Waals surface area (Å²) < 4.78 is 22.1. The lowest BCUT2D eigenvalue weighted by atomic mass is 9.99.